The van der Waals surface area contributed by atoms with Gasteiger partial charge in [-0.3, -0.25) is 14.6 Å². The Morgan fingerprint density at radius 2 is 1.93 bits per heavy atom. The highest BCUT2D eigenvalue weighted by atomic mass is 16.2. The van der Waals surface area contributed by atoms with Gasteiger partial charge in [0.15, 0.2) is 0 Å². The highest BCUT2D eigenvalue weighted by Crippen LogP contribution is 2.36. The van der Waals surface area contributed by atoms with Crippen molar-refractivity contribution in [2.24, 2.45) is 10.8 Å². The molecule has 2 aromatic rings. The number of rotatable bonds is 5. The fourth-order valence-electron chi connectivity index (χ4n) is 4.32. The van der Waals surface area contributed by atoms with Crippen LogP contribution in [0.3, 0.4) is 0 Å². The van der Waals surface area contributed by atoms with E-state index >= 15 is 0 Å². The van der Waals surface area contributed by atoms with Crippen LogP contribution in [0, 0.1) is 10.8 Å². The Balaban J connectivity index is 1.91. The van der Waals surface area contributed by atoms with Gasteiger partial charge in [0.2, 0.25) is 11.8 Å². The summed E-state index contributed by atoms with van der Waals surface area (Å²) in [5, 5.41) is 3.03. The predicted molar refractivity (Wildman–Crippen MR) is 120 cm³/mol. The zero-order valence-electron chi connectivity index (χ0n) is 18.6. The summed E-state index contributed by atoms with van der Waals surface area (Å²) >= 11 is 0. The first-order valence-corrected chi connectivity index (χ1v) is 10.8. The molecule has 5 heteroatoms. The average Bonchev–Trinajstić information content (AvgIpc) is 2.73. The summed E-state index contributed by atoms with van der Waals surface area (Å²) in [6.45, 7) is 9.53. The normalized spacial score (nSPS) is 19.4. The maximum atomic E-state index is 13.2. The van der Waals surface area contributed by atoms with Crippen molar-refractivity contribution in [2.45, 2.75) is 47.0 Å². The zero-order valence-corrected chi connectivity index (χ0v) is 18.6. The zero-order chi connectivity index (χ0) is 21.8. The molecular formula is C25H33N3O2. The quantitative estimate of drug-likeness (QED) is 0.812. The molecule has 1 atom stereocenters. The van der Waals surface area contributed by atoms with Crippen molar-refractivity contribution in [2.75, 3.05) is 19.6 Å². The number of pyridine rings is 1. The number of carbonyl (C=O) groups excluding carboxylic acids is 2. The van der Waals surface area contributed by atoms with Gasteiger partial charge in [0, 0.05) is 37.4 Å². The number of benzene rings is 1. The van der Waals surface area contributed by atoms with Crippen LogP contribution in [0.15, 0.2) is 48.8 Å². The number of piperidine rings is 1. The number of aromatic nitrogens is 1. The Hall–Kier alpha value is -2.69. The molecule has 1 aliphatic rings. The SMILES string of the molecule is CCNC(=O)[C@]1(Cc2cccc(-c3cccnc3)c2)CCCN(C(=O)C(C)(C)C)C1. The highest BCUT2D eigenvalue weighted by molar-refractivity contribution is 5.86. The van der Waals surface area contributed by atoms with Crippen LogP contribution in [-0.2, 0) is 16.0 Å². The maximum Gasteiger partial charge on any atom is 0.228 e. The van der Waals surface area contributed by atoms with E-state index in [9.17, 15) is 9.59 Å². The maximum absolute atomic E-state index is 13.2. The summed E-state index contributed by atoms with van der Waals surface area (Å²) in [6.07, 6.45) is 5.84. The Kier molecular flexibility index (Phi) is 6.59. The molecule has 160 valence electrons. The number of nitrogens with one attached hydrogen (secondary N) is 1. The van der Waals surface area contributed by atoms with E-state index in [1.54, 1.807) is 6.20 Å². The molecular weight excluding hydrogens is 374 g/mol. The van der Waals surface area contributed by atoms with Gasteiger partial charge in [-0.1, -0.05) is 51.1 Å². The second kappa shape index (κ2) is 8.99. The van der Waals surface area contributed by atoms with Gasteiger partial charge in [0.05, 0.1) is 5.41 Å². The largest absolute Gasteiger partial charge is 0.356 e. The molecule has 3 rings (SSSR count). The average molecular weight is 408 g/mol. The minimum absolute atomic E-state index is 0.0446. The highest BCUT2D eigenvalue weighted by Gasteiger charge is 2.44. The molecule has 0 spiro atoms. The molecule has 0 unspecified atom stereocenters. The Morgan fingerprint density at radius 1 is 1.17 bits per heavy atom. The van der Waals surface area contributed by atoms with Gasteiger partial charge < -0.3 is 10.2 Å². The van der Waals surface area contributed by atoms with E-state index in [4.69, 9.17) is 0 Å². The third kappa shape index (κ3) is 4.89. The van der Waals surface area contributed by atoms with Crippen molar-refractivity contribution in [3.8, 4) is 11.1 Å². The van der Waals surface area contributed by atoms with Crippen LogP contribution in [0.1, 0.15) is 46.1 Å². The van der Waals surface area contributed by atoms with E-state index in [1.165, 1.54) is 0 Å². The molecule has 1 aromatic carbocycles. The fourth-order valence-corrected chi connectivity index (χ4v) is 4.32. The Morgan fingerprint density at radius 3 is 2.60 bits per heavy atom. The lowest BCUT2D eigenvalue weighted by Crippen LogP contribution is -2.56. The lowest BCUT2D eigenvalue weighted by atomic mass is 9.73. The van der Waals surface area contributed by atoms with Crippen molar-refractivity contribution >= 4 is 11.8 Å². The van der Waals surface area contributed by atoms with Crippen LogP contribution >= 0.6 is 0 Å². The van der Waals surface area contributed by atoms with Crippen LogP contribution in [0.25, 0.3) is 11.1 Å². The first-order valence-electron chi connectivity index (χ1n) is 10.8. The van der Waals surface area contributed by atoms with Crippen LogP contribution < -0.4 is 5.32 Å². The van der Waals surface area contributed by atoms with Crippen molar-refractivity contribution in [3.63, 3.8) is 0 Å². The molecule has 1 fully saturated rings. The monoisotopic (exact) mass is 407 g/mol. The lowest BCUT2D eigenvalue weighted by molar-refractivity contribution is -0.147. The van der Waals surface area contributed by atoms with E-state index in [0.717, 1.165) is 29.5 Å². The summed E-state index contributed by atoms with van der Waals surface area (Å²) < 4.78 is 0. The molecule has 1 aromatic heterocycles. The lowest BCUT2D eigenvalue weighted by Gasteiger charge is -2.43. The fraction of sp³-hybridized carbons (Fsp3) is 0.480. The number of carbonyl (C=O) groups is 2. The van der Waals surface area contributed by atoms with Crippen molar-refractivity contribution in [1.82, 2.24) is 15.2 Å². The van der Waals surface area contributed by atoms with Gasteiger partial charge in [-0.05, 0) is 48.9 Å². The number of amides is 2. The van der Waals surface area contributed by atoms with E-state index in [-0.39, 0.29) is 11.8 Å². The van der Waals surface area contributed by atoms with E-state index < -0.39 is 10.8 Å². The molecule has 1 N–H and O–H groups in total. The molecule has 2 heterocycles. The predicted octanol–water partition coefficient (Wildman–Crippen LogP) is 4.08. The smallest absolute Gasteiger partial charge is 0.228 e. The van der Waals surface area contributed by atoms with Gasteiger partial charge >= 0.3 is 0 Å². The second-order valence-corrected chi connectivity index (χ2v) is 9.34. The summed E-state index contributed by atoms with van der Waals surface area (Å²) in [4.78, 5) is 32.3. The van der Waals surface area contributed by atoms with E-state index in [0.29, 0.717) is 26.1 Å². The minimum Gasteiger partial charge on any atom is -0.356 e. The second-order valence-electron chi connectivity index (χ2n) is 9.34. The standard InChI is InChI=1S/C25H33N3O2/c1-5-27-22(29)25(12-8-14-28(18-25)23(30)24(2,3)4)16-19-9-6-10-20(15-19)21-11-7-13-26-17-21/h6-7,9-11,13,15,17H,5,8,12,14,16,18H2,1-4H3,(H,27,29)/t25-/m0/s1. The van der Waals surface area contributed by atoms with Gasteiger partial charge in [0.25, 0.3) is 0 Å². The molecule has 0 radical (unpaired) electrons. The summed E-state index contributed by atoms with van der Waals surface area (Å²) in [7, 11) is 0. The van der Waals surface area contributed by atoms with Gasteiger partial charge in [-0.25, -0.2) is 0 Å². The molecule has 0 aliphatic carbocycles. The van der Waals surface area contributed by atoms with E-state index in [2.05, 4.69) is 28.5 Å². The van der Waals surface area contributed by atoms with E-state index in [1.807, 2.05) is 57.0 Å². The van der Waals surface area contributed by atoms with Gasteiger partial charge in [-0.15, -0.1) is 0 Å². The number of hydrogen-bond donors (Lipinski definition) is 1. The van der Waals surface area contributed by atoms with Crippen LogP contribution in [0.5, 0.6) is 0 Å². The first kappa shape index (κ1) is 22.0. The summed E-state index contributed by atoms with van der Waals surface area (Å²) in [6, 6.07) is 12.3. The molecule has 5 nitrogen and oxygen atoms in total. The Bertz CT molecular complexity index is 889. The Labute approximate surface area is 179 Å². The van der Waals surface area contributed by atoms with Gasteiger partial charge in [0.1, 0.15) is 0 Å². The molecule has 1 aliphatic heterocycles. The molecule has 0 bridgehead atoms. The third-order valence-electron chi connectivity index (χ3n) is 5.79. The minimum atomic E-state index is -0.608. The van der Waals surface area contributed by atoms with Gasteiger partial charge in [-0.2, -0.15) is 0 Å². The molecule has 1 saturated heterocycles. The van der Waals surface area contributed by atoms with Crippen molar-refractivity contribution in [3.05, 3.63) is 54.4 Å². The molecule has 0 saturated carbocycles. The van der Waals surface area contributed by atoms with Crippen LogP contribution in [0.2, 0.25) is 0 Å². The first-order chi connectivity index (χ1) is 14.2. The number of hydrogen-bond acceptors (Lipinski definition) is 3. The van der Waals surface area contributed by atoms with Crippen molar-refractivity contribution < 1.29 is 9.59 Å². The molecule has 30 heavy (non-hydrogen) atoms. The summed E-state index contributed by atoms with van der Waals surface area (Å²) in [5.74, 6) is 0.156. The summed E-state index contributed by atoms with van der Waals surface area (Å²) in [5.41, 5.74) is 2.19. The number of likely N-dealkylation sites (tertiary alicyclic amines) is 1. The number of nitrogens with zero attached hydrogens (tertiary/aromatic N) is 2. The third-order valence-corrected chi connectivity index (χ3v) is 5.79. The van der Waals surface area contributed by atoms with Crippen LogP contribution in [0.4, 0.5) is 0 Å². The van der Waals surface area contributed by atoms with Crippen molar-refractivity contribution in [1.29, 1.82) is 0 Å². The van der Waals surface area contributed by atoms with Crippen LogP contribution in [-0.4, -0.2) is 41.3 Å². The topological polar surface area (TPSA) is 62.3 Å². The molecule has 2 amide bonds.